The first-order valence-electron chi connectivity index (χ1n) is 5.49. The van der Waals surface area contributed by atoms with Crippen molar-refractivity contribution in [3.05, 3.63) is 41.0 Å². The van der Waals surface area contributed by atoms with E-state index in [4.69, 9.17) is 5.11 Å². The van der Waals surface area contributed by atoms with E-state index in [9.17, 15) is 4.79 Å². The molecule has 1 N–H and O–H groups in total. The Hall–Kier alpha value is -1.57. The van der Waals surface area contributed by atoms with Crippen molar-refractivity contribution in [1.82, 2.24) is 0 Å². The molecule has 16 heavy (non-hydrogen) atoms. The number of carboxylic acids is 1. The van der Waals surface area contributed by atoms with E-state index in [1.165, 1.54) is 17.2 Å². The van der Waals surface area contributed by atoms with Gasteiger partial charge in [-0.15, -0.1) is 0 Å². The number of carbonyl (C=O) groups is 1. The second-order valence-electron chi connectivity index (χ2n) is 4.52. The van der Waals surface area contributed by atoms with Crippen LogP contribution < -0.4 is 0 Å². The van der Waals surface area contributed by atoms with Crippen LogP contribution in [0.3, 0.4) is 0 Å². The molecule has 86 valence electrons. The molecule has 0 aromatic heterocycles. The second-order valence-corrected chi connectivity index (χ2v) is 4.52. The fourth-order valence-electron chi connectivity index (χ4n) is 1.75. The fraction of sp³-hybridized carbons (Fsp3) is 0.357. The number of rotatable bonds is 4. The van der Waals surface area contributed by atoms with Crippen LogP contribution in [0.4, 0.5) is 0 Å². The summed E-state index contributed by atoms with van der Waals surface area (Å²) in [5, 5.41) is 8.57. The van der Waals surface area contributed by atoms with Gasteiger partial charge in [0.1, 0.15) is 0 Å². The van der Waals surface area contributed by atoms with Crippen LogP contribution in [0.1, 0.15) is 30.5 Å². The minimum atomic E-state index is -0.910. The summed E-state index contributed by atoms with van der Waals surface area (Å²) in [5.74, 6) is -0.301. The highest BCUT2D eigenvalue weighted by Crippen LogP contribution is 2.14. The molecule has 0 spiro atoms. The lowest BCUT2D eigenvalue weighted by molar-refractivity contribution is -0.131. The zero-order valence-corrected chi connectivity index (χ0v) is 10.0. The maximum absolute atomic E-state index is 10.4. The molecule has 0 aliphatic carbocycles. The monoisotopic (exact) mass is 218 g/mol. The van der Waals surface area contributed by atoms with Crippen molar-refractivity contribution in [3.63, 3.8) is 0 Å². The third-order valence-corrected chi connectivity index (χ3v) is 2.22. The van der Waals surface area contributed by atoms with Gasteiger partial charge in [0.25, 0.3) is 0 Å². The number of aryl methyl sites for hydroxylation is 1. The standard InChI is InChI=1S/C14H18O2/c1-10(2)6-13-8-11(3)7-12(9-13)4-5-14(15)16/h4-5,7-10H,6H2,1-3H3,(H,15,16)/b5-4+. The minimum Gasteiger partial charge on any atom is -0.478 e. The predicted octanol–water partition coefficient (Wildman–Crippen LogP) is 3.29. The van der Waals surface area contributed by atoms with Gasteiger partial charge in [-0.2, -0.15) is 0 Å². The number of benzene rings is 1. The van der Waals surface area contributed by atoms with Gasteiger partial charge in [-0.25, -0.2) is 4.79 Å². The molecular weight excluding hydrogens is 200 g/mol. The van der Waals surface area contributed by atoms with Crippen LogP contribution in [0.25, 0.3) is 6.08 Å². The van der Waals surface area contributed by atoms with E-state index in [1.54, 1.807) is 6.08 Å². The first-order valence-corrected chi connectivity index (χ1v) is 5.49. The van der Waals surface area contributed by atoms with Crippen LogP contribution >= 0.6 is 0 Å². The zero-order chi connectivity index (χ0) is 12.1. The molecule has 0 bridgehead atoms. The highest BCUT2D eigenvalue weighted by molar-refractivity contribution is 5.85. The van der Waals surface area contributed by atoms with Gasteiger partial charge in [0, 0.05) is 6.08 Å². The first-order chi connectivity index (χ1) is 7.47. The third-order valence-electron chi connectivity index (χ3n) is 2.22. The summed E-state index contributed by atoms with van der Waals surface area (Å²) in [6, 6.07) is 6.19. The quantitative estimate of drug-likeness (QED) is 0.787. The van der Waals surface area contributed by atoms with Gasteiger partial charge in [-0.1, -0.05) is 37.6 Å². The molecule has 0 radical (unpaired) electrons. The van der Waals surface area contributed by atoms with Crippen molar-refractivity contribution in [2.75, 3.05) is 0 Å². The number of carboxylic acid groups (broad SMARTS) is 1. The Kier molecular flexibility index (Phi) is 4.29. The van der Waals surface area contributed by atoms with Gasteiger partial charge < -0.3 is 5.11 Å². The molecule has 0 atom stereocenters. The summed E-state index contributed by atoms with van der Waals surface area (Å²) in [4.78, 5) is 10.4. The Labute approximate surface area is 96.6 Å². The molecular formula is C14H18O2. The van der Waals surface area contributed by atoms with Crippen molar-refractivity contribution in [3.8, 4) is 0 Å². The Morgan fingerprint density at radius 1 is 1.38 bits per heavy atom. The topological polar surface area (TPSA) is 37.3 Å². The van der Waals surface area contributed by atoms with E-state index in [-0.39, 0.29) is 0 Å². The summed E-state index contributed by atoms with van der Waals surface area (Å²) in [7, 11) is 0. The largest absolute Gasteiger partial charge is 0.478 e. The normalized spacial score (nSPS) is 11.2. The lowest BCUT2D eigenvalue weighted by Crippen LogP contribution is -1.95. The Morgan fingerprint density at radius 2 is 2.06 bits per heavy atom. The van der Waals surface area contributed by atoms with Gasteiger partial charge in [0.15, 0.2) is 0 Å². The number of hydrogen-bond donors (Lipinski definition) is 1. The summed E-state index contributed by atoms with van der Waals surface area (Å²) in [6.45, 7) is 6.38. The molecule has 0 unspecified atom stereocenters. The van der Waals surface area contributed by atoms with E-state index in [0.29, 0.717) is 5.92 Å². The molecule has 1 rings (SSSR count). The molecule has 0 fully saturated rings. The molecule has 0 saturated carbocycles. The van der Waals surface area contributed by atoms with E-state index >= 15 is 0 Å². The SMILES string of the molecule is Cc1cc(/C=C/C(=O)O)cc(CC(C)C)c1. The van der Waals surface area contributed by atoms with Crippen molar-refractivity contribution < 1.29 is 9.90 Å². The molecule has 2 nitrogen and oxygen atoms in total. The zero-order valence-electron chi connectivity index (χ0n) is 10.0. The molecule has 2 heteroatoms. The van der Waals surface area contributed by atoms with Gasteiger partial charge in [0.05, 0.1) is 0 Å². The molecule has 1 aromatic carbocycles. The summed E-state index contributed by atoms with van der Waals surface area (Å²) < 4.78 is 0. The summed E-state index contributed by atoms with van der Waals surface area (Å²) in [6.07, 6.45) is 3.84. The van der Waals surface area contributed by atoms with Crippen LogP contribution in [0.5, 0.6) is 0 Å². The van der Waals surface area contributed by atoms with Crippen LogP contribution in [0, 0.1) is 12.8 Å². The first kappa shape index (κ1) is 12.5. The smallest absolute Gasteiger partial charge is 0.328 e. The molecule has 0 heterocycles. The van der Waals surface area contributed by atoms with E-state index in [2.05, 4.69) is 19.9 Å². The van der Waals surface area contributed by atoms with E-state index in [0.717, 1.165) is 12.0 Å². The van der Waals surface area contributed by atoms with Gasteiger partial charge >= 0.3 is 5.97 Å². The summed E-state index contributed by atoms with van der Waals surface area (Å²) >= 11 is 0. The van der Waals surface area contributed by atoms with Gasteiger partial charge in [-0.05, 0) is 36.5 Å². The Balaban J connectivity index is 2.93. The molecule has 0 saturated heterocycles. The van der Waals surface area contributed by atoms with Crippen LogP contribution in [0.2, 0.25) is 0 Å². The minimum absolute atomic E-state index is 0.609. The summed E-state index contributed by atoms with van der Waals surface area (Å²) in [5.41, 5.74) is 3.39. The van der Waals surface area contributed by atoms with Gasteiger partial charge in [0.2, 0.25) is 0 Å². The maximum atomic E-state index is 10.4. The lowest BCUT2D eigenvalue weighted by atomic mass is 9.98. The average molecular weight is 218 g/mol. The Bertz CT molecular complexity index is 403. The second kappa shape index (κ2) is 5.50. The van der Waals surface area contributed by atoms with Crippen LogP contribution in [-0.2, 0) is 11.2 Å². The number of aliphatic carboxylic acids is 1. The maximum Gasteiger partial charge on any atom is 0.328 e. The average Bonchev–Trinajstić information content (AvgIpc) is 2.12. The van der Waals surface area contributed by atoms with Crippen LogP contribution in [-0.4, -0.2) is 11.1 Å². The molecule has 1 aromatic rings. The molecule has 0 aliphatic rings. The van der Waals surface area contributed by atoms with Crippen molar-refractivity contribution >= 4 is 12.0 Å². The molecule has 0 aliphatic heterocycles. The molecule has 0 amide bonds. The van der Waals surface area contributed by atoms with E-state index < -0.39 is 5.97 Å². The highest BCUT2D eigenvalue weighted by Gasteiger charge is 2.00. The van der Waals surface area contributed by atoms with Crippen molar-refractivity contribution in [2.45, 2.75) is 27.2 Å². The number of hydrogen-bond acceptors (Lipinski definition) is 1. The Morgan fingerprint density at radius 3 is 2.62 bits per heavy atom. The fourth-order valence-corrected chi connectivity index (χ4v) is 1.75. The predicted molar refractivity (Wildman–Crippen MR) is 66.4 cm³/mol. The van der Waals surface area contributed by atoms with Crippen molar-refractivity contribution in [2.24, 2.45) is 5.92 Å². The van der Waals surface area contributed by atoms with Crippen molar-refractivity contribution in [1.29, 1.82) is 0 Å². The lowest BCUT2D eigenvalue weighted by Gasteiger charge is -2.07. The van der Waals surface area contributed by atoms with E-state index in [1.807, 2.05) is 19.1 Å². The van der Waals surface area contributed by atoms with Gasteiger partial charge in [-0.3, -0.25) is 0 Å². The highest BCUT2D eigenvalue weighted by atomic mass is 16.4. The third kappa shape index (κ3) is 4.30. The van der Waals surface area contributed by atoms with Crippen LogP contribution in [0.15, 0.2) is 24.3 Å².